The molecule has 0 saturated carbocycles. The summed E-state index contributed by atoms with van der Waals surface area (Å²) in [5.41, 5.74) is 0. The molecule has 0 aromatic rings. The molecule has 0 bridgehead atoms. The zero-order chi connectivity index (χ0) is 19.9. The maximum absolute atomic E-state index is 11.5. The Balaban J connectivity index is 3.28. The van der Waals surface area contributed by atoms with Gasteiger partial charge < -0.3 is 23.7 Å². The number of hydrogen-bond acceptors (Lipinski definition) is 11. The number of thiocarbonyl (C=S) groups is 1. The molecule has 10 nitrogen and oxygen atoms in total. The standard InChI is InChI=1S/C15H19NO9S/c1-7(17)21-5-11-12(22-8(2)18)13(23-9(3)19)14(24-10(4)20)15(25-11)16-6-26/h11-15H,5H2,1-4H3/t11-,12+,13-,14-,15+/m0/s1. The third-order valence-electron chi connectivity index (χ3n) is 3.15. The highest BCUT2D eigenvalue weighted by molar-refractivity contribution is 7.78. The van der Waals surface area contributed by atoms with E-state index in [-0.39, 0.29) is 6.61 Å². The smallest absolute Gasteiger partial charge is 0.303 e. The quantitative estimate of drug-likeness (QED) is 0.268. The number of rotatable bonds is 6. The monoisotopic (exact) mass is 389 g/mol. The van der Waals surface area contributed by atoms with Crippen molar-refractivity contribution >= 4 is 41.3 Å². The van der Waals surface area contributed by atoms with Crippen molar-refractivity contribution in [1.29, 1.82) is 0 Å². The van der Waals surface area contributed by atoms with Gasteiger partial charge in [-0.15, -0.1) is 0 Å². The molecule has 144 valence electrons. The third kappa shape index (κ3) is 6.51. The van der Waals surface area contributed by atoms with Gasteiger partial charge in [-0.1, -0.05) is 0 Å². The third-order valence-corrected chi connectivity index (χ3v) is 3.25. The van der Waals surface area contributed by atoms with Crippen LogP contribution in [0.3, 0.4) is 0 Å². The molecule has 1 heterocycles. The number of isothiocyanates is 1. The van der Waals surface area contributed by atoms with Gasteiger partial charge in [-0.05, 0) is 12.2 Å². The average Bonchev–Trinajstić information content (AvgIpc) is 2.50. The highest BCUT2D eigenvalue weighted by atomic mass is 32.1. The first-order chi connectivity index (χ1) is 12.1. The Labute approximate surface area is 154 Å². The fraction of sp³-hybridized carbons (Fsp3) is 0.667. The molecule has 1 aliphatic rings. The van der Waals surface area contributed by atoms with Gasteiger partial charge in [-0.25, -0.2) is 0 Å². The number of carbonyl (C=O) groups is 4. The van der Waals surface area contributed by atoms with Crippen molar-refractivity contribution in [2.45, 2.75) is 58.3 Å². The van der Waals surface area contributed by atoms with E-state index in [1.807, 2.05) is 0 Å². The molecular weight excluding hydrogens is 370 g/mol. The minimum atomic E-state index is -1.26. The minimum Gasteiger partial charge on any atom is -0.463 e. The van der Waals surface area contributed by atoms with Gasteiger partial charge in [-0.3, -0.25) is 19.2 Å². The van der Waals surface area contributed by atoms with Gasteiger partial charge in [0.15, 0.2) is 24.5 Å². The van der Waals surface area contributed by atoms with Crippen LogP contribution < -0.4 is 0 Å². The number of aliphatic imine (C=N–C) groups is 1. The second kappa shape index (κ2) is 9.95. The Morgan fingerprint density at radius 2 is 1.38 bits per heavy atom. The van der Waals surface area contributed by atoms with E-state index < -0.39 is 54.5 Å². The first-order valence-corrected chi connectivity index (χ1v) is 7.94. The zero-order valence-electron chi connectivity index (χ0n) is 14.6. The summed E-state index contributed by atoms with van der Waals surface area (Å²) in [7, 11) is 0. The first kappa shape index (κ1) is 21.7. The van der Waals surface area contributed by atoms with E-state index in [4.69, 9.17) is 23.7 Å². The van der Waals surface area contributed by atoms with Crippen molar-refractivity contribution in [3.8, 4) is 0 Å². The second-order valence-electron chi connectivity index (χ2n) is 5.31. The lowest BCUT2D eigenvalue weighted by Crippen LogP contribution is -2.61. The first-order valence-electron chi connectivity index (χ1n) is 7.53. The summed E-state index contributed by atoms with van der Waals surface area (Å²) in [6, 6.07) is 0. The van der Waals surface area contributed by atoms with Gasteiger partial charge in [0, 0.05) is 27.7 Å². The molecule has 1 rings (SSSR count). The zero-order valence-corrected chi connectivity index (χ0v) is 15.4. The molecule has 1 saturated heterocycles. The van der Waals surface area contributed by atoms with Crippen molar-refractivity contribution in [3.05, 3.63) is 0 Å². The SMILES string of the molecule is CC(=O)OC[C@@H]1O[C@@H](N=C=S)[C@@H](OC(C)=O)[C@@H](OC(C)=O)[C@@H]1OC(C)=O. The van der Waals surface area contributed by atoms with Crippen LogP contribution in [0.4, 0.5) is 0 Å². The molecule has 26 heavy (non-hydrogen) atoms. The maximum atomic E-state index is 11.5. The van der Waals surface area contributed by atoms with Crippen LogP contribution in [0, 0.1) is 0 Å². The van der Waals surface area contributed by atoms with E-state index in [0.717, 1.165) is 20.8 Å². The largest absolute Gasteiger partial charge is 0.463 e. The molecule has 0 aromatic carbocycles. The normalized spacial score (nSPS) is 27.5. The fourth-order valence-corrected chi connectivity index (χ4v) is 2.47. The van der Waals surface area contributed by atoms with Crippen LogP contribution in [0.15, 0.2) is 4.99 Å². The van der Waals surface area contributed by atoms with Gasteiger partial charge >= 0.3 is 23.9 Å². The molecule has 1 fully saturated rings. The maximum Gasteiger partial charge on any atom is 0.303 e. The van der Waals surface area contributed by atoms with Crippen LogP contribution in [0.5, 0.6) is 0 Å². The van der Waals surface area contributed by atoms with Crippen LogP contribution in [0.25, 0.3) is 0 Å². The predicted octanol–water partition coefficient (Wildman–Crippen LogP) is 0.172. The summed E-state index contributed by atoms with van der Waals surface area (Å²) in [4.78, 5) is 49.3. The lowest BCUT2D eigenvalue weighted by Gasteiger charge is -2.42. The Bertz CT molecular complexity index is 616. The fourth-order valence-electron chi connectivity index (χ4n) is 2.36. The van der Waals surface area contributed by atoms with E-state index in [1.165, 1.54) is 6.92 Å². The summed E-state index contributed by atoms with van der Waals surface area (Å²) in [6.07, 6.45) is -5.96. The molecule has 5 atom stereocenters. The summed E-state index contributed by atoms with van der Waals surface area (Å²) < 4.78 is 26.0. The molecule has 0 aliphatic carbocycles. The number of hydrogen-bond donors (Lipinski definition) is 0. The molecule has 0 unspecified atom stereocenters. The van der Waals surface area contributed by atoms with Crippen LogP contribution >= 0.6 is 12.2 Å². The predicted molar refractivity (Wildman–Crippen MR) is 87.0 cm³/mol. The van der Waals surface area contributed by atoms with Gasteiger partial charge in [0.2, 0.25) is 0 Å². The lowest BCUT2D eigenvalue weighted by atomic mass is 9.97. The second-order valence-corrected chi connectivity index (χ2v) is 5.49. The van der Waals surface area contributed by atoms with Crippen molar-refractivity contribution in [2.24, 2.45) is 4.99 Å². The van der Waals surface area contributed by atoms with Crippen LogP contribution in [0.2, 0.25) is 0 Å². The molecule has 0 spiro atoms. The molecule has 0 N–H and O–H groups in total. The molecule has 0 aromatic heterocycles. The van der Waals surface area contributed by atoms with E-state index >= 15 is 0 Å². The topological polar surface area (TPSA) is 127 Å². The van der Waals surface area contributed by atoms with Crippen LogP contribution in [0.1, 0.15) is 27.7 Å². The summed E-state index contributed by atoms with van der Waals surface area (Å²) >= 11 is 4.55. The lowest BCUT2D eigenvalue weighted by molar-refractivity contribution is -0.250. The molecule has 1 aliphatic heterocycles. The molecule has 11 heteroatoms. The van der Waals surface area contributed by atoms with Gasteiger partial charge in [0.25, 0.3) is 0 Å². The van der Waals surface area contributed by atoms with E-state index in [0.29, 0.717) is 0 Å². The van der Waals surface area contributed by atoms with Gasteiger partial charge in [0.1, 0.15) is 12.7 Å². The molecular formula is C15H19NO9S. The summed E-state index contributed by atoms with van der Waals surface area (Å²) in [6.45, 7) is 4.26. The summed E-state index contributed by atoms with van der Waals surface area (Å²) in [5, 5.41) is 2.09. The van der Waals surface area contributed by atoms with Crippen molar-refractivity contribution < 1.29 is 42.9 Å². The number of ether oxygens (including phenoxy) is 5. The van der Waals surface area contributed by atoms with E-state index in [2.05, 4.69) is 22.4 Å². The van der Waals surface area contributed by atoms with Crippen molar-refractivity contribution in [2.75, 3.05) is 6.61 Å². The minimum absolute atomic E-state index is 0.318. The van der Waals surface area contributed by atoms with Gasteiger partial charge in [-0.2, -0.15) is 4.99 Å². The average molecular weight is 389 g/mol. The Morgan fingerprint density at radius 1 is 0.885 bits per heavy atom. The number of carbonyl (C=O) groups excluding carboxylic acids is 4. The van der Waals surface area contributed by atoms with Crippen molar-refractivity contribution in [3.63, 3.8) is 0 Å². The van der Waals surface area contributed by atoms with Crippen LogP contribution in [-0.2, 0) is 42.9 Å². The summed E-state index contributed by atoms with van der Waals surface area (Å²) in [5.74, 6) is -2.74. The number of nitrogens with zero attached hydrogens (tertiary/aromatic N) is 1. The van der Waals surface area contributed by atoms with E-state index in [1.54, 1.807) is 0 Å². The Hall–Kier alpha value is -2.36. The molecule has 0 radical (unpaired) electrons. The van der Waals surface area contributed by atoms with Crippen LogP contribution in [-0.4, -0.2) is 66.3 Å². The van der Waals surface area contributed by atoms with Gasteiger partial charge in [0.05, 0.1) is 5.16 Å². The highest BCUT2D eigenvalue weighted by Gasteiger charge is 2.52. The molecule has 0 amide bonds. The Kier molecular flexibility index (Phi) is 8.30. The number of esters is 4. The Morgan fingerprint density at radius 3 is 1.85 bits per heavy atom. The highest BCUT2D eigenvalue weighted by Crippen LogP contribution is 2.29. The van der Waals surface area contributed by atoms with Crippen molar-refractivity contribution in [1.82, 2.24) is 0 Å². The van der Waals surface area contributed by atoms with E-state index in [9.17, 15) is 19.2 Å².